The van der Waals surface area contributed by atoms with Crippen LogP contribution in [0.1, 0.15) is 5.56 Å². The summed E-state index contributed by atoms with van der Waals surface area (Å²) in [5, 5.41) is 2.76. The Kier molecular flexibility index (Phi) is 1.58. The van der Waals surface area contributed by atoms with E-state index in [0.717, 1.165) is 0 Å². The Hall–Kier alpha value is -2.08. The molecule has 80 valence electrons. The number of hydrogen-bond acceptors (Lipinski definition) is 0. The highest BCUT2D eigenvalue weighted by atomic mass is 14.2. The lowest BCUT2D eigenvalue weighted by Gasteiger charge is -2.04. The van der Waals surface area contributed by atoms with Crippen molar-refractivity contribution in [3.05, 3.63) is 60.2 Å². The SMILES string of the molecule is Cc1cccc2c1-c1cccc3cccc-2c13. The maximum absolute atomic E-state index is 2.24. The van der Waals surface area contributed by atoms with E-state index in [1.54, 1.807) is 0 Å². The summed E-state index contributed by atoms with van der Waals surface area (Å²) in [6.07, 6.45) is 0. The average molecular weight is 216 g/mol. The van der Waals surface area contributed by atoms with Gasteiger partial charge in [-0.15, -0.1) is 0 Å². The Morgan fingerprint density at radius 3 is 2.12 bits per heavy atom. The van der Waals surface area contributed by atoms with E-state index < -0.39 is 0 Å². The lowest BCUT2D eigenvalue weighted by molar-refractivity contribution is 1.48. The van der Waals surface area contributed by atoms with Crippen LogP contribution >= 0.6 is 0 Å². The Labute approximate surface area is 101 Å². The molecule has 0 N–H and O–H groups in total. The lowest BCUT2D eigenvalue weighted by Crippen LogP contribution is -1.80. The number of hydrogen-bond donors (Lipinski definition) is 0. The van der Waals surface area contributed by atoms with Crippen LogP contribution in [-0.2, 0) is 0 Å². The van der Waals surface area contributed by atoms with E-state index in [-0.39, 0.29) is 0 Å². The molecule has 0 fully saturated rings. The summed E-state index contributed by atoms with van der Waals surface area (Å²) in [6.45, 7) is 2.20. The lowest BCUT2D eigenvalue weighted by atomic mass is 9.99. The second-order valence-electron chi connectivity index (χ2n) is 4.71. The van der Waals surface area contributed by atoms with Gasteiger partial charge in [0.25, 0.3) is 0 Å². The minimum Gasteiger partial charge on any atom is -0.0613 e. The normalized spacial score (nSPS) is 11.8. The summed E-state index contributed by atoms with van der Waals surface area (Å²) < 4.78 is 0. The van der Waals surface area contributed by atoms with E-state index in [2.05, 4.69) is 61.5 Å². The van der Waals surface area contributed by atoms with Crippen LogP contribution in [0.2, 0.25) is 0 Å². The first-order chi connectivity index (χ1) is 8.36. The van der Waals surface area contributed by atoms with Crippen LogP contribution in [0.3, 0.4) is 0 Å². The van der Waals surface area contributed by atoms with Crippen LogP contribution in [0, 0.1) is 6.92 Å². The molecule has 0 unspecified atom stereocenters. The van der Waals surface area contributed by atoms with Crippen molar-refractivity contribution in [2.24, 2.45) is 0 Å². The minimum absolute atomic E-state index is 1.34. The van der Waals surface area contributed by atoms with Crippen LogP contribution in [0.25, 0.3) is 33.0 Å². The van der Waals surface area contributed by atoms with Gasteiger partial charge in [0, 0.05) is 0 Å². The summed E-state index contributed by atoms with van der Waals surface area (Å²) in [4.78, 5) is 0. The van der Waals surface area contributed by atoms with Crippen molar-refractivity contribution in [3.63, 3.8) is 0 Å². The van der Waals surface area contributed by atoms with Crippen molar-refractivity contribution in [1.82, 2.24) is 0 Å². The summed E-state index contributed by atoms with van der Waals surface area (Å²) in [7, 11) is 0. The zero-order chi connectivity index (χ0) is 11.4. The predicted molar refractivity (Wildman–Crippen MR) is 73.1 cm³/mol. The molecule has 0 aliphatic heterocycles. The van der Waals surface area contributed by atoms with Crippen LogP contribution in [0.4, 0.5) is 0 Å². The minimum atomic E-state index is 1.34. The third-order valence-corrected chi connectivity index (χ3v) is 3.74. The first kappa shape index (κ1) is 9.00. The number of rotatable bonds is 0. The molecular weight excluding hydrogens is 204 g/mol. The highest BCUT2D eigenvalue weighted by Gasteiger charge is 2.21. The topological polar surface area (TPSA) is 0 Å². The first-order valence-electron chi connectivity index (χ1n) is 5.98. The van der Waals surface area contributed by atoms with Crippen molar-refractivity contribution >= 4 is 10.8 Å². The summed E-state index contributed by atoms with van der Waals surface area (Å²) in [5.41, 5.74) is 6.95. The van der Waals surface area contributed by atoms with Crippen molar-refractivity contribution in [3.8, 4) is 22.3 Å². The zero-order valence-corrected chi connectivity index (χ0v) is 9.70. The van der Waals surface area contributed by atoms with Crippen molar-refractivity contribution in [2.45, 2.75) is 6.92 Å². The first-order valence-corrected chi connectivity index (χ1v) is 5.98. The zero-order valence-electron chi connectivity index (χ0n) is 9.70. The Balaban J connectivity index is 2.31. The average Bonchev–Trinajstić information content (AvgIpc) is 2.69. The van der Waals surface area contributed by atoms with E-state index in [9.17, 15) is 0 Å². The molecule has 0 heteroatoms. The molecule has 0 radical (unpaired) electrons. The largest absolute Gasteiger partial charge is 0.0613 e. The van der Waals surface area contributed by atoms with Gasteiger partial charge in [-0.05, 0) is 45.5 Å². The fourth-order valence-corrected chi connectivity index (χ4v) is 3.02. The highest BCUT2D eigenvalue weighted by molar-refractivity contribution is 6.15. The summed E-state index contributed by atoms with van der Waals surface area (Å²) in [5.74, 6) is 0. The maximum atomic E-state index is 2.24. The van der Waals surface area contributed by atoms with E-state index in [1.165, 1.54) is 38.6 Å². The molecule has 1 aliphatic carbocycles. The molecule has 0 aromatic heterocycles. The van der Waals surface area contributed by atoms with E-state index in [4.69, 9.17) is 0 Å². The maximum Gasteiger partial charge on any atom is -0.00263 e. The van der Waals surface area contributed by atoms with Crippen LogP contribution < -0.4 is 0 Å². The van der Waals surface area contributed by atoms with Gasteiger partial charge in [0.15, 0.2) is 0 Å². The van der Waals surface area contributed by atoms with Gasteiger partial charge in [0.05, 0.1) is 0 Å². The third-order valence-electron chi connectivity index (χ3n) is 3.74. The number of benzene rings is 3. The Bertz CT molecular complexity index is 746. The van der Waals surface area contributed by atoms with Crippen molar-refractivity contribution in [2.75, 3.05) is 0 Å². The van der Waals surface area contributed by atoms with Gasteiger partial charge >= 0.3 is 0 Å². The molecule has 0 nitrogen and oxygen atoms in total. The monoisotopic (exact) mass is 216 g/mol. The molecule has 1 aliphatic rings. The molecule has 3 aromatic rings. The Morgan fingerprint density at radius 2 is 1.29 bits per heavy atom. The molecule has 0 spiro atoms. The Morgan fingerprint density at radius 1 is 0.647 bits per heavy atom. The molecular formula is C17H12. The van der Waals surface area contributed by atoms with Gasteiger partial charge in [-0.3, -0.25) is 0 Å². The van der Waals surface area contributed by atoms with Crippen LogP contribution in [0.15, 0.2) is 54.6 Å². The quantitative estimate of drug-likeness (QED) is 0.396. The van der Waals surface area contributed by atoms with Crippen molar-refractivity contribution < 1.29 is 0 Å². The fourth-order valence-electron chi connectivity index (χ4n) is 3.02. The van der Waals surface area contributed by atoms with Gasteiger partial charge in [0.2, 0.25) is 0 Å². The van der Waals surface area contributed by atoms with Gasteiger partial charge in [-0.2, -0.15) is 0 Å². The molecule has 0 amide bonds. The molecule has 17 heavy (non-hydrogen) atoms. The van der Waals surface area contributed by atoms with Crippen molar-refractivity contribution in [1.29, 1.82) is 0 Å². The third kappa shape index (κ3) is 1.03. The van der Waals surface area contributed by atoms with Gasteiger partial charge < -0.3 is 0 Å². The number of fused-ring (bicyclic) bond motifs is 3. The molecule has 0 bridgehead atoms. The van der Waals surface area contributed by atoms with Gasteiger partial charge in [0.1, 0.15) is 0 Å². The smallest absolute Gasteiger partial charge is 0.00263 e. The molecule has 3 aromatic carbocycles. The molecule has 0 atom stereocenters. The van der Waals surface area contributed by atoms with Gasteiger partial charge in [-0.25, -0.2) is 0 Å². The summed E-state index contributed by atoms with van der Waals surface area (Å²) in [6, 6.07) is 19.8. The summed E-state index contributed by atoms with van der Waals surface area (Å²) >= 11 is 0. The van der Waals surface area contributed by atoms with E-state index in [0.29, 0.717) is 0 Å². The molecule has 0 heterocycles. The standard InChI is InChI=1S/C17H12/c1-11-5-2-8-13-14-9-3-6-12-7-4-10-15(16(11)13)17(12)14/h2-10H,1H3. The molecule has 0 saturated carbocycles. The predicted octanol–water partition coefficient (Wildman–Crippen LogP) is 4.80. The second-order valence-corrected chi connectivity index (χ2v) is 4.71. The molecule has 0 saturated heterocycles. The van der Waals surface area contributed by atoms with Crippen LogP contribution in [0.5, 0.6) is 0 Å². The van der Waals surface area contributed by atoms with E-state index >= 15 is 0 Å². The molecule has 4 rings (SSSR count). The highest BCUT2D eigenvalue weighted by Crippen LogP contribution is 2.48. The van der Waals surface area contributed by atoms with Crippen LogP contribution in [-0.4, -0.2) is 0 Å². The van der Waals surface area contributed by atoms with Gasteiger partial charge in [-0.1, -0.05) is 54.6 Å². The van der Waals surface area contributed by atoms with E-state index in [1.807, 2.05) is 0 Å². The number of aryl methyl sites for hydroxylation is 1. The fraction of sp³-hybridized carbons (Fsp3) is 0.0588. The second kappa shape index (κ2) is 2.98.